The Labute approximate surface area is 144 Å². The van der Waals surface area contributed by atoms with Gasteiger partial charge in [0.25, 0.3) is 0 Å². The molecule has 0 unspecified atom stereocenters. The quantitative estimate of drug-likeness (QED) is 0.924. The Bertz CT molecular complexity index is 783. The molecule has 0 aliphatic carbocycles. The van der Waals surface area contributed by atoms with E-state index < -0.39 is 11.6 Å². The molecule has 0 saturated heterocycles. The minimum atomic E-state index is -0.675. The fraction of sp³-hybridized carbons (Fsp3) is 0.278. The highest BCUT2D eigenvalue weighted by Crippen LogP contribution is 2.30. The first-order valence-electron chi connectivity index (χ1n) is 7.84. The summed E-state index contributed by atoms with van der Waals surface area (Å²) >= 11 is 0. The van der Waals surface area contributed by atoms with Crippen molar-refractivity contribution in [3.63, 3.8) is 0 Å². The van der Waals surface area contributed by atoms with E-state index in [4.69, 9.17) is 9.47 Å². The number of halogens is 2. The van der Waals surface area contributed by atoms with Crippen LogP contribution in [0.15, 0.2) is 36.4 Å². The Hall–Kier alpha value is -2.83. The zero-order valence-electron chi connectivity index (χ0n) is 13.7. The van der Waals surface area contributed by atoms with Crippen LogP contribution in [0.4, 0.5) is 13.6 Å². The molecule has 2 aromatic rings. The van der Waals surface area contributed by atoms with E-state index in [1.54, 1.807) is 13.1 Å². The molecule has 1 heterocycles. The van der Waals surface area contributed by atoms with Gasteiger partial charge in [0.05, 0.1) is 0 Å². The fourth-order valence-electron chi connectivity index (χ4n) is 2.49. The molecule has 3 rings (SSSR count). The molecule has 0 saturated carbocycles. The fourth-order valence-corrected chi connectivity index (χ4v) is 2.49. The maximum atomic E-state index is 13.7. The van der Waals surface area contributed by atoms with E-state index in [0.29, 0.717) is 31.3 Å². The average Bonchev–Trinajstić information content (AvgIpc) is 2.61. The van der Waals surface area contributed by atoms with Crippen LogP contribution in [0.5, 0.6) is 11.5 Å². The molecule has 1 N–H and O–H groups in total. The SMILES string of the molecule is CN(Cc1ccc(F)cc1F)C(=O)NCc1ccc2c(c1)OCCO2. The monoisotopic (exact) mass is 348 g/mol. The molecule has 0 spiro atoms. The zero-order valence-corrected chi connectivity index (χ0v) is 13.7. The first kappa shape index (κ1) is 17.0. The van der Waals surface area contributed by atoms with Crippen molar-refractivity contribution in [2.24, 2.45) is 0 Å². The highest BCUT2D eigenvalue weighted by Gasteiger charge is 2.14. The number of carbonyl (C=O) groups excluding carboxylic acids is 1. The number of nitrogens with zero attached hydrogens (tertiary/aromatic N) is 1. The summed E-state index contributed by atoms with van der Waals surface area (Å²) in [5.74, 6) is 0.0171. The summed E-state index contributed by atoms with van der Waals surface area (Å²) in [6.45, 7) is 1.35. The van der Waals surface area contributed by atoms with Gasteiger partial charge in [-0.15, -0.1) is 0 Å². The number of nitrogens with one attached hydrogen (secondary N) is 1. The third kappa shape index (κ3) is 4.17. The van der Waals surface area contributed by atoms with Gasteiger partial charge in [0, 0.05) is 31.8 Å². The van der Waals surface area contributed by atoms with Crippen molar-refractivity contribution in [3.8, 4) is 11.5 Å². The number of hydrogen-bond donors (Lipinski definition) is 1. The minimum Gasteiger partial charge on any atom is -0.486 e. The van der Waals surface area contributed by atoms with Crippen LogP contribution in [0.25, 0.3) is 0 Å². The van der Waals surface area contributed by atoms with Crippen LogP contribution in [0.3, 0.4) is 0 Å². The molecular formula is C18H18F2N2O3. The third-order valence-electron chi connectivity index (χ3n) is 3.82. The number of rotatable bonds is 4. The van der Waals surface area contributed by atoms with Gasteiger partial charge in [0.15, 0.2) is 11.5 Å². The van der Waals surface area contributed by atoms with E-state index in [1.807, 2.05) is 12.1 Å². The third-order valence-corrected chi connectivity index (χ3v) is 3.82. The van der Waals surface area contributed by atoms with Crippen LogP contribution < -0.4 is 14.8 Å². The lowest BCUT2D eigenvalue weighted by molar-refractivity contribution is 0.171. The maximum absolute atomic E-state index is 13.7. The van der Waals surface area contributed by atoms with E-state index in [1.165, 1.54) is 17.0 Å². The molecule has 0 bridgehead atoms. The summed E-state index contributed by atoms with van der Waals surface area (Å²) in [4.78, 5) is 13.5. The molecule has 25 heavy (non-hydrogen) atoms. The van der Waals surface area contributed by atoms with Crippen LogP contribution in [0, 0.1) is 11.6 Å². The highest BCUT2D eigenvalue weighted by molar-refractivity contribution is 5.73. The first-order valence-corrected chi connectivity index (χ1v) is 7.84. The lowest BCUT2D eigenvalue weighted by atomic mass is 10.2. The number of urea groups is 1. The van der Waals surface area contributed by atoms with Crippen molar-refractivity contribution in [1.29, 1.82) is 0 Å². The zero-order chi connectivity index (χ0) is 17.8. The Morgan fingerprint density at radius 1 is 1.12 bits per heavy atom. The average molecular weight is 348 g/mol. The van der Waals surface area contributed by atoms with Crippen molar-refractivity contribution in [2.45, 2.75) is 13.1 Å². The number of hydrogen-bond acceptors (Lipinski definition) is 3. The highest BCUT2D eigenvalue weighted by atomic mass is 19.1. The van der Waals surface area contributed by atoms with Gasteiger partial charge in [-0.25, -0.2) is 13.6 Å². The predicted octanol–water partition coefficient (Wildman–Crippen LogP) is 3.08. The van der Waals surface area contributed by atoms with Crippen molar-refractivity contribution < 1.29 is 23.0 Å². The first-order chi connectivity index (χ1) is 12.0. The van der Waals surface area contributed by atoms with Crippen LogP contribution in [-0.2, 0) is 13.1 Å². The van der Waals surface area contributed by atoms with E-state index in [9.17, 15) is 13.6 Å². The predicted molar refractivity (Wildman–Crippen MR) is 87.5 cm³/mol. The van der Waals surface area contributed by atoms with Gasteiger partial charge in [0.1, 0.15) is 24.8 Å². The number of fused-ring (bicyclic) bond motifs is 1. The maximum Gasteiger partial charge on any atom is 0.317 e. The lowest BCUT2D eigenvalue weighted by Gasteiger charge is -2.20. The van der Waals surface area contributed by atoms with Crippen molar-refractivity contribution in [3.05, 3.63) is 59.2 Å². The number of amides is 2. The second kappa shape index (κ2) is 7.38. The summed E-state index contributed by atoms with van der Waals surface area (Å²) in [5.41, 5.74) is 1.11. The Kier molecular flexibility index (Phi) is 5.02. The van der Waals surface area contributed by atoms with Crippen LogP contribution in [0.1, 0.15) is 11.1 Å². The largest absolute Gasteiger partial charge is 0.486 e. The molecule has 5 nitrogen and oxygen atoms in total. The molecule has 1 aliphatic rings. The topological polar surface area (TPSA) is 50.8 Å². The molecule has 2 amide bonds. The normalized spacial score (nSPS) is 12.6. The Morgan fingerprint density at radius 2 is 1.88 bits per heavy atom. The summed E-state index contributed by atoms with van der Waals surface area (Å²) in [5, 5.41) is 2.75. The molecular weight excluding hydrogens is 330 g/mol. The van der Waals surface area contributed by atoms with Gasteiger partial charge in [-0.2, -0.15) is 0 Å². The number of benzene rings is 2. The van der Waals surface area contributed by atoms with Crippen molar-refractivity contribution in [2.75, 3.05) is 20.3 Å². The van der Waals surface area contributed by atoms with Gasteiger partial charge in [-0.1, -0.05) is 12.1 Å². The molecule has 1 aliphatic heterocycles. The summed E-state index contributed by atoms with van der Waals surface area (Å²) in [6.07, 6.45) is 0. The smallest absolute Gasteiger partial charge is 0.317 e. The molecule has 7 heteroatoms. The molecule has 0 aromatic heterocycles. The van der Waals surface area contributed by atoms with Crippen LogP contribution >= 0.6 is 0 Å². The van der Waals surface area contributed by atoms with Crippen molar-refractivity contribution >= 4 is 6.03 Å². The van der Waals surface area contributed by atoms with E-state index in [0.717, 1.165) is 11.6 Å². The van der Waals surface area contributed by atoms with Crippen LogP contribution in [-0.4, -0.2) is 31.2 Å². The van der Waals surface area contributed by atoms with Gasteiger partial charge in [0.2, 0.25) is 0 Å². The lowest BCUT2D eigenvalue weighted by Crippen LogP contribution is -2.36. The molecule has 0 radical (unpaired) electrons. The minimum absolute atomic E-state index is 0.0408. The Balaban J connectivity index is 1.56. The molecule has 2 aromatic carbocycles. The van der Waals surface area contributed by atoms with Crippen LogP contribution in [0.2, 0.25) is 0 Å². The van der Waals surface area contributed by atoms with Gasteiger partial charge in [-0.3, -0.25) is 0 Å². The van der Waals surface area contributed by atoms with Gasteiger partial charge >= 0.3 is 6.03 Å². The van der Waals surface area contributed by atoms with Gasteiger partial charge < -0.3 is 19.7 Å². The van der Waals surface area contributed by atoms with Crippen molar-refractivity contribution in [1.82, 2.24) is 10.2 Å². The summed E-state index contributed by atoms with van der Waals surface area (Å²) in [7, 11) is 1.54. The van der Waals surface area contributed by atoms with E-state index >= 15 is 0 Å². The molecule has 0 fully saturated rings. The number of ether oxygens (including phenoxy) is 2. The number of carbonyl (C=O) groups is 1. The standard InChI is InChI=1S/C18H18F2N2O3/c1-22(11-13-3-4-14(19)9-15(13)20)18(23)21-10-12-2-5-16-17(8-12)25-7-6-24-16/h2-5,8-9H,6-7,10-11H2,1H3,(H,21,23). The second-order valence-electron chi connectivity index (χ2n) is 5.73. The van der Waals surface area contributed by atoms with E-state index in [-0.39, 0.29) is 18.1 Å². The Morgan fingerprint density at radius 3 is 2.64 bits per heavy atom. The molecule has 0 atom stereocenters. The van der Waals surface area contributed by atoms with E-state index in [2.05, 4.69) is 5.32 Å². The summed E-state index contributed by atoms with van der Waals surface area (Å²) in [6, 6.07) is 8.39. The summed E-state index contributed by atoms with van der Waals surface area (Å²) < 4.78 is 37.5. The second-order valence-corrected chi connectivity index (χ2v) is 5.73. The molecule has 132 valence electrons. The van der Waals surface area contributed by atoms with Gasteiger partial charge in [-0.05, 0) is 23.8 Å².